The molecule has 35 heavy (non-hydrogen) atoms. The third-order valence-corrected chi connectivity index (χ3v) is 5.17. The van der Waals surface area contributed by atoms with Gasteiger partial charge in [0.15, 0.2) is 17.0 Å². The van der Waals surface area contributed by atoms with E-state index in [0.29, 0.717) is 41.0 Å². The molecule has 9 nitrogen and oxygen atoms in total. The molecule has 4 rings (SSSR count). The smallest absolute Gasteiger partial charge is 0.417 e. The molecule has 0 aliphatic carbocycles. The Balaban J connectivity index is 1.55. The van der Waals surface area contributed by atoms with Gasteiger partial charge in [0.2, 0.25) is 0 Å². The Labute approximate surface area is 202 Å². The van der Waals surface area contributed by atoms with Gasteiger partial charge >= 0.3 is 18.2 Å². The van der Waals surface area contributed by atoms with E-state index in [2.05, 4.69) is 30.9 Å². The lowest BCUT2D eigenvalue weighted by molar-refractivity contribution is -0.137. The van der Waals surface area contributed by atoms with Crippen LogP contribution in [0.2, 0.25) is 5.02 Å². The summed E-state index contributed by atoms with van der Waals surface area (Å²) >= 11 is 5.61. The normalized spacial score (nSPS) is 11.4. The highest BCUT2D eigenvalue weighted by Crippen LogP contribution is 2.36. The minimum absolute atomic E-state index is 0.0536. The standard InChI is InChI=1S/C22H19ClF3N7O2/c1-3-35-21-32-17-18(27-2)28-11-29-19(17)33(21)14-7-4-12(5-8-14)30-20(34)31-13-6-9-16(23)15(10-13)22(24,25)26/h4-11H,3H2,1-2H3,(H,27,28,29)(H2,30,31,34). The van der Waals surface area contributed by atoms with Crippen molar-refractivity contribution in [3.63, 3.8) is 0 Å². The Morgan fingerprint density at radius 2 is 1.77 bits per heavy atom. The fourth-order valence-electron chi connectivity index (χ4n) is 3.32. The number of rotatable bonds is 6. The number of aromatic nitrogens is 4. The number of urea groups is 1. The monoisotopic (exact) mass is 505 g/mol. The number of amides is 2. The fourth-order valence-corrected chi connectivity index (χ4v) is 3.55. The molecule has 2 heterocycles. The molecule has 0 aliphatic heterocycles. The maximum Gasteiger partial charge on any atom is 0.417 e. The van der Waals surface area contributed by atoms with Crippen molar-refractivity contribution in [2.24, 2.45) is 0 Å². The predicted molar refractivity (Wildman–Crippen MR) is 126 cm³/mol. The lowest BCUT2D eigenvalue weighted by atomic mass is 10.2. The van der Waals surface area contributed by atoms with Crippen molar-refractivity contribution < 1.29 is 22.7 Å². The number of fused-ring (bicyclic) bond motifs is 1. The van der Waals surface area contributed by atoms with Gasteiger partial charge in [-0.1, -0.05) is 11.6 Å². The Kier molecular flexibility index (Phi) is 6.65. The van der Waals surface area contributed by atoms with Crippen LogP contribution in [0.5, 0.6) is 6.01 Å². The summed E-state index contributed by atoms with van der Waals surface area (Å²) in [6, 6.07) is 9.40. The van der Waals surface area contributed by atoms with Gasteiger partial charge in [-0.3, -0.25) is 0 Å². The van der Waals surface area contributed by atoms with Gasteiger partial charge in [0.25, 0.3) is 0 Å². The van der Waals surface area contributed by atoms with Gasteiger partial charge in [0.05, 0.1) is 22.9 Å². The van der Waals surface area contributed by atoms with E-state index in [4.69, 9.17) is 16.3 Å². The summed E-state index contributed by atoms with van der Waals surface area (Å²) in [5.41, 5.74) is 1.03. The molecule has 182 valence electrons. The van der Waals surface area contributed by atoms with Crippen LogP contribution >= 0.6 is 11.6 Å². The van der Waals surface area contributed by atoms with Crippen molar-refractivity contribution in [1.82, 2.24) is 19.5 Å². The number of carbonyl (C=O) groups is 1. The minimum Gasteiger partial charge on any atom is -0.465 e. The van der Waals surface area contributed by atoms with Gasteiger partial charge in [-0.05, 0) is 49.4 Å². The average molecular weight is 506 g/mol. The van der Waals surface area contributed by atoms with Crippen LogP contribution in [0.1, 0.15) is 12.5 Å². The molecule has 0 bridgehead atoms. The quantitative estimate of drug-likeness (QED) is 0.316. The molecule has 0 spiro atoms. The van der Waals surface area contributed by atoms with E-state index in [0.717, 1.165) is 12.1 Å². The van der Waals surface area contributed by atoms with Gasteiger partial charge in [0.1, 0.15) is 6.33 Å². The molecule has 0 fully saturated rings. The third kappa shape index (κ3) is 5.06. The Hall–Kier alpha value is -4.06. The summed E-state index contributed by atoms with van der Waals surface area (Å²) in [7, 11) is 1.72. The second-order valence-electron chi connectivity index (χ2n) is 7.13. The molecule has 0 atom stereocenters. The Bertz CT molecular complexity index is 1370. The van der Waals surface area contributed by atoms with Crippen LogP contribution in [0.4, 0.5) is 35.2 Å². The number of ether oxygens (including phenoxy) is 1. The van der Waals surface area contributed by atoms with Crippen LogP contribution < -0.4 is 20.7 Å². The molecule has 2 aromatic carbocycles. The predicted octanol–water partition coefficient (Wildman–Crippen LogP) is 5.57. The van der Waals surface area contributed by atoms with Crippen LogP contribution in [0, 0.1) is 0 Å². The molecule has 2 aromatic heterocycles. The summed E-state index contributed by atoms with van der Waals surface area (Å²) in [4.78, 5) is 25.3. The van der Waals surface area contributed by atoms with Gasteiger partial charge in [-0.25, -0.2) is 19.3 Å². The zero-order chi connectivity index (χ0) is 25.2. The molecule has 0 saturated carbocycles. The molecule has 13 heteroatoms. The first-order valence-corrected chi connectivity index (χ1v) is 10.7. The largest absolute Gasteiger partial charge is 0.465 e. The number of hydrogen-bond donors (Lipinski definition) is 3. The number of alkyl halides is 3. The maximum atomic E-state index is 13.0. The van der Waals surface area contributed by atoms with Crippen LogP contribution in [-0.4, -0.2) is 39.2 Å². The molecule has 0 unspecified atom stereocenters. The number of halogens is 4. The maximum absolute atomic E-state index is 13.0. The number of benzene rings is 2. The van der Waals surface area contributed by atoms with Crippen LogP contribution in [0.15, 0.2) is 48.8 Å². The van der Waals surface area contributed by atoms with E-state index in [9.17, 15) is 18.0 Å². The van der Waals surface area contributed by atoms with E-state index >= 15 is 0 Å². The first-order valence-electron chi connectivity index (χ1n) is 10.3. The zero-order valence-electron chi connectivity index (χ0n) is 18.4. The number of hydrogen-bond acceptors (Lipinski definition) is 6. The van der Waals surface area contributed by atoms with Crippen molar-refractivity contribution in [3.05, 3.63) is 59.4 Å². The van der Waals surface area contributed by atoms with Crippen molar-refractivity contribution in [1.29, 1.82) is 0 Å². The number of carbonyl (C=O) groups excluding carboxylic acids is 1. The summed E-state index contributed by atoms with van der Waals surface area (Å²) in [6.07, 6.45) is -3.24. The van der Waals surface area contributed by atoms with Crippen molar-refractivity contribution >= 4 is 46.0 Å². The van der Waals surface area contributed by atoms with E-state index in [-0.39, 0.29) is 5.69 Å². The Morgan fingerprint density at radius 3 is 2.43 bits per heavy atom. The lowest BCUT2D eigenvalue weighted by Crippen LogP contribution is -2.20. The number of nitrogens with zero attached hydrogens (tertiary/aromatic N) is 4. The second kappa shape index (κ2) is 9.66. The minimum atomic E-state index is -4.64. The molecule has 0 aliphatic rings. The fraction of sp³-hybridized carbons (Fsp3) is 0.182. The molecule has 0 saturated heterocycles. The summed E-state index contributed by atoms with van der Waals surface area (Å²) < 4.78 is 46.5. The molecule has 3 N–H and O–H groups in total. The highest BCUT2D eigenvalue weighted by molar-refractivity contribution is 6.31. The lowest BCUT2D eigenvalue weighted by Gasteiger charge is -2.13. The van der Waals surface area contributed by atoms with E-state index in [1.165, 1.54) is 12.4 Å². The van der Waals surface area contributed by atoms with E-state index in [1.807, 2.05) is 6.92 Å². The first-order chi connectivity index (χ1) is 16.7. The van der Waals surface area contributed by atoms with Gasteiger partial charge in [-0.15, -0.1) is 0 Å². The van der Waals surface area contributed by atoms with E-state index < -0.39 is 22.8 Å². The van der Waals surface area contributed by atoms with Gasteiger partial charge in [0, 0.05) is 18.4 Å². The molecule has 4 aromatic rings. The molecular weight excluding hydrogens is 487 g/mol. The zero-order valence-corrected chi connectivity index (χ0v) is 19.2. The Morgan fingerprint density at radius 1 is 1.09 bits per heavy atom. The topological polar surface area (TPSA) is 106 Å². The van der Waals surface area contributed by atoms with E-state index in [1.54, 1.807) is 35.9 Å². The highest BCUT2D eigenvalue weighted by atomic mass is 35.5. The molecule has 2 amide bonds. The summed E-state index contributed by atoms with van der Waals surface area (Å²) in [6.45, 7) is 2.21. The number of imidazole rings is 1. The number of anilines is 3. The van der Waals surface area contributed by atoms with Crippen LogP contribution in [-0.2, 0) is 6.18 Å². The second-order valence-corrected chi connectivity index (χ2v) is 7.53. The van der Waals surface area contributed by atoms with Crippen molar-refractivity contribution in [2.75, 3.05) is 29.6 Å². The van der Waals surface area contributed by atoms with Gasteiger partial charge in [-0.2, -0.15) is 18.2 Å². The van der Waals surface area contributed by atoms with Gasteiger partial charge < -0.3 is 20.7 Å². The average Bonchev–Trinajstić information content (AvgIpc) is 3.18. The molecular formula is C22H19ClF3N7O2. The van der Waals surface area contributed by atoms with Crippen LogP contribution in [0.3, 0.4) is 0 Å². The molecule has 0 radical (unpaired) electrons. The SMILES string of the molecule is CCOc1nc2c(NC)ncnc2n1-c1ccc(NC(=O)Nc2ccc(Cl)c(C(F)(F)F)c2)cc1. The summed E-state index contributed by atoms with van der Waals surface area (Å²) in [5.74, 6) is 0.542. The van der Waals surface area contributed by atoms with Crippen LogP contribution in [0.25, 0.3) is 16.9 Å². The van der Waals surface area contributed by atoms with Crippen molar-refractivity contribution in [2.45, 2.75) is 13.1 Å². The first kappa shape index (κ1) is 24.1. The third-order valence-electron chi connectivity index (χ3n) is 4.84. The van der Waals surface area contributed by atoms with Crippen molar-refractivity contribution in [3.8, 4) is 11.7 Å². The summed E-state index contributed by atoms with van der Waals surface area (Å²) in [5, 5.41) is 7.45. The highest BCUT2D eigenvalue weighted by Gasteiger charge is 2.33. The number of nitrogens with one attached hydrogen (secondary N) is 3.